The first-order valence-electron chi connectivity index (χ1n) is 11.3. The predicted octanol–water partition coefficient (Wildman–Crippen LogP) is 4.00. The lowest BCUT2D eigenvalue weighted by Gasteiger charge is -2.29. The molecule has 2 N–H and O–H groups in total. The Balaban J connectivity index is 1.30. The van der Waals surface area contributed by atoms with E-state index in [9.17, 15) is 17.6 Å². The first-order valence-corrected chi connectivity index (χ1v) is 12.8. The summed E-state index contributed by atoms with van der Waals surface area (Å²) in [6, 6.07) is 15.7. The summed E-state index contributed by atoms with van der Waals surface area (Å²) in [5.74, 6) is -0.544. The summed E-state index contributed by atoms with van der Waals surface area (Å²) < 4.78 is 41.6. The number of carbonyl (C=O) groups excluding carboxylic acids is 1. The molecular weight excluding hydrogens is 455 g/mol. The lowest BCUT2D eigenvalue weighted by molar-refractivity contribution is -0.126. The number of nitrogens with one attached hydrogen (secondary N) is 2. The van der Waals surface area contributed by atoms with E-state index in [4.69, 9.17) is 0 Å². The molecule has 9 heteroatoms. The topological polar surface area (TPSA) is 101 Å². The van der Waals surface area contributed by atoms with Gasteiger partial charge in [0.2, 0.25) is 15.9 Å². The van der Waals surface area contributed by atoms with E-state index >= 15 is 0 Å². The van der Waals surface area contributed by atoms with Gasteiger partial charge in [-0.25, -0.2) is 17.5 Å². The molecule has 4 rings (SSSR count). The van der Waals surface area contributed by atoms with Crippen LogP contribution in [0.15, 0.2) is 71.8 Å². The van der Waals surface area contributed by atoms with Crippen LogP contribution < -0.4 is 10.0 Å². The molecule has 1 aliphatic rings. The highest BCUT2D eigenvalue weighted by Crippen LogP contribution is 2.27. The molecule has 0 aliphatic heterocycles. The van der Waals surface area contributed by atoms with Gasteiger partial charge in [0.25, 0.3) is 0 Å². The molecule has 1 heterocycles. The lowest BCUT2D eigenvalue weighted by Crippen LogP contribution is -2.41. The van der Waals surface area contributed by atoms with Gasteiger partial charge in [0, 0.05) is 23.7 Å². The van der Waals surface area contributed by atoms with Gasteiger partial charge in [-0.15, -0.1) is 0 Å². The molecule has 1 aromatic heterocycles. The summed E-state index contributed by atoms with van der Waals surface area (Å²) in [4.78, 5) is 12.9. The summed E-state index contributed by atoms with van der Waals surface area (Å²) >= 11 is 0. The number of benzene rings is 2. The summed E-state index contributed by atoms with van der Waals surface area (Å²) in [5.41, 5.74) is 2.29. The molecule has 0 saturated heterocycles. The van der Waals surface area contributed by atoms with Crippen molar-refractivity contribution in [2.45, 2.75) is 49.6 Å². The van der Waals surface area contributed by atoms with Crippen LogP contribution in [0.4, 0.5) is 4.39 Å². The predicted molar refractivity (Wildman–Crippen MR) is 126 cm³/mol. The van der Waals surface area contributed by atoms with Crippen LogP contribution in [0.25, 0.3) is 11.3 Å². The van der Waals surface area contributed by atoms with E-state index in [1.54, 1.807) is 48.7 Å². The fourth-order valence-electron chi connectivity index (χ4n) is 4.19. The fraction of sp³-hybridized carbons (Fsp3) is 0.320. The van der Waals surface area contributed by atoms with Crippen molar-refractivity contribution in [3.63, 3.8) is 0 Å². The number of nitrogens with zero attached hydrogens (tertiary/aromatic N) is 2. The van der Waals surface area contributed by atoms with Gasteiger partial charge in [-0.3, -0.25) is 4.79 Å². The highest BCUT2D eigenvalue weighted by Gasteiger charge is 2.29. The lowest BCUT2D eigenvalue weighted by atomic mass is 9.85. The number of rotatable bonds is 7. The number of sulfonamides is 1. The molecule has 3 aromatic rings. The van der Waals surface area contributed by atoms with Crippen LogP contribution in [0.1, 0.15) is 44.2 Å². The Kier molecular flexibility index (Phi) is 7.33. The molecule has 1 amide bonds. The van der Waals surface area contributed by atoms with E-state index in [2.05, 4.69) is 20.2 Å². The van der Waals surface area contributed by atoms with Gasteiger partial charge in [0.05, 0.1) is 16.6 Å². The van der Waals surface area contributed by atoms with Crippen LogP contribution >= 0.6 is 0 Å². The Hall–Kier alpha value is -3.17. The maximum Gasteiger partial charge on any atom is 0.240 e. The average molecular weight is 483 g/mol. The molecule has 1 saturated carbocycles. The molecule has 7 nitrogen and oxygen atoms in total. The highest BCUT2D eigenvalue weighted by molar-refractivity contribution is 7.89. The maximum atomic E-state index is 13.1. The molecule has 0 radical (unpaired) electrons. The Morgan fingerprint density at radius 2 is 1.68 bits per heavy atom. The maximum absolute atomic E-state index is 13.1. The van der Waals surface area contributed by atoms with Crippen molar-refractivity contribution in [3.8, 4) is 11.3 Å². The number of amides is 1. The minimum Gasteiger partial charge on any atom is -0.349 e. The van der Waals surface area contributed by atoms with E-state index in [0.717, 1.165) is 11.1 Å². The van der Waals surface area contributed by atoms with E-state index in [1.165, 1.54) is 12.1 Å². The van der Waals surface area contributed by atoms with Gasteiger partial charge in [0.1, 0.15) is 5.82 Å². The second-order valence-electron chi connectivity index (χ2n) is 8.58. The Morgan fingerprint density at radius 1 is 1.00 bits per heavy atom. The second-order valence-corrected chi connectivity index (χ2v) is 10.3. The number of carbonyl (C=O) groups is 1. The largest absolute Gasteiger partial charge is 0.349 e. The fourth-order valence-corrected chi connectivity index (χ4v) is 5.49. The Labute approximate surface area is 198 Å². The van der Waals surface area contributed by atoms with Crippen LogP contribution in [0.5, 0.6) is 0 Å². The molecule has 0 spiro atoms. The van der Waals surface area contributed by atoms with Gasteiger partial charge < -0.3 is 5.32 Å². The zero-order chi connectivity index (χ0) is 24.1. The minimum absolute atomic E-state index is 0.0577. The Bertz CT molecular complexity index is 1210. The molecular formula is C25H27FN4O3S. The number of aromatic nitrogens is 2. The number of halogens is 1. The van der Waals surface area contributed by atoms with Crippen molar-refractivity contribution >= 4 is 15.9 Å². The first kappa shape index (κ1) is 24.0. The van der Waals surface area contributed by atoms with Crippen molar-refractivity contribution in [1.82, 2.24) is 20.2 Å². The van der Waals surface area contributed by atoms with Crippen LogP contribution in [-0.2, 0) is 14.8 Å². The molecule has 1 fully saturated rings. The number of hydrogen-bond donors (Lipinski definition) is 2. The van der Waals surface area contributed by atoms with Crippen LogP contribution in [-0.4, -0.2) is 30.6 Å². The van der Waals surface area contributed by atoms with Gasteiger partial charge in [0.15, 0.2) is 0 Å². The number of hydrogen-bond acceptors (Lipinski definition) is 5. The first-order chi connectivity index (χ1) is 16.3. The van der Waals surface area contributed by atoms with Crippen LogP contribution in [0, 0.1) is 11.7 Å². The van der Waals surface area contributed by atoms with Crippen molar-refractivity contribution in [1.29, 1.82) is 0 Å². The minimum atomic E-state index is -3.67. The van der Waals surface area contributed by atoms with Crippen molar-refractivity contribution < 1.29 is 17.6 Å². The molecule has 0 unspecified atom stereocenters. The second kappa shape index (κ2) is 10.4. The summed E-state index contributed by atoms with van der Waals surface area (Å²) in [5, 5.41) is 10.9. The van der Waals surface area contributed by atoms with Crippen molar-refractivity contribution in [3.05, 3.63) is 78.2 Å². The van der Waals surface area contributed by atoms with E-state index in [-0.39, 0.29) is 34.6 Å². The molecule has 2 aromatic carbocycles. The zero-order valence-electron chi connectivity index (χ0n) is 18.8. The Morgan fingerprint density at radius 3 is 2.29 bits per heavy atom. The standard InChI is InChI=1S/C25H27FN4O3S/c1-17(18-4-10-21(26)11-5-18)28-25(31)20-6-12-22(13-7-20)30-34(32,33)23-14-8-19(9-15-23)24-3-2-16-27-29-24/h2-5,8-11,14-17,20,22,30H,6-7,12-13H2,1H3,(H,28,31)/t17-,20-,22-/m1/s1. The average Bonchev–Trinajstić information content (AvgIpc) is 2.85. The molecule has 1 atom stereocenters. The third-order valence-corrected chi connectivity index (χ3v) is 7.72. The van der Waals surface area contributed by atoms with Crippen molar-refractivity contribution in [2.24, 2.45) is 5.92 Å². The normalized spacial score (nSPS) is 19.4. The smallest absolute Gasteiger partial charge is 0.240 e. The highest BCUT2D eigenvalue weighted by atomic mass is 32.2. The quantitative estimate of drug-likeness (QED) is 0.530. The molecule has 1 aliphatic carbocycles. The molecule has 34 heavy (non-hydrogen) atoms. The molecule has 178 valence electrons. The van der Waals surface area contributed by atoms with Crippen molar-refractivity contribution in [2.75, 3.05) is 0 Å². The summed E-state index contributed by atoms with van der Waals surface area (Å²) in [6.07, 6.45) is 3.94. The molecule has 0 bridgehead atoms. The third kappa shape index (κ3) is 5.84. The third-order valence-electron chi connectivity index (χ3n) is 6.18. The van der Waals surface area contributed by atoms with E-state index in [1.807, 2.05) is 13.0 Å². The van der Waals surface area contributed by atoms with Gasteiger partial charge in [-0.05, 0) is 74.6 Å². The van der Waals surface area contributed by atoms with E-state index < -0.39 is 10.0 Å². The SMILES string of the molecule is C[C@@H](NC(=O)[C@H]1CC[C@H](NS(=O)(=O)c2ccc(-c3cccnn3)cc2)CC1)c1ccc(F)cc1. The van der Waals surface area contributed by atoms with Crippen LogP contribution in [0.3, 0.4) is 0 Å². The van der Waals surface area contributed by atoms with E-state index in [0.29, 0.717) is 31.4 Å². The van der Waals surface area contributed by atoms with Gasteiger partial charge in [-0.1, -0.05) is 24.3 Å². The summed E-state index contributed by atoms with van der Waals surface area (Å²) in [6.45, 7) is 1.86. The monoisotopic (exact) mass is 482 g/mol. The zero-order valence-corrected chi connectivity index (χ0v) is 19.6. The van der Waals surface area contributed by atoms with Gasteiger partial charge in [-0.2, -0.15) is 10.2 Å². The summed E-state index contributed by atoms with van der Waals surface area (Å²) in [7, 11) is -3.67. The van der Waals surface area contributed by atoms with Gasteiger partial charge >= 0.3 is 0 Å². The van der Waals surface area contributed by atoms with Crippen LogP contribution in [0.2, 0.25) is 0 Å².